The number of aromatic nitrogens is 2. The monoisotopic (exact) mass is 194 g/mol. The minimum atomic E-state index is 0.229. The highest BCUT2D eigenvalue weighted by Gasteiger charge is 2.33. The Hall–Kier alpha value is -0.870. The lowest BCUT2D eigenvalue weighted by atomic mass is 10.1. The zero-order valence-electron chi connectivity index (χ0n) is 8.61. The molecule has 0 saturated carbocycles. The molecule has 0 aliphatic carbocycles. The summed E-state index contributed by atoms with van der Waals surface area (Å²) in [5.41, 5.74) is 6.09. The van der Waals surface area contributed by atoms with Crippen LogP contribution < -0.4 is 5.73 Å². The van der Waals surface area contributed by atoms with E-state index < -0.39 is 0 Å². The highest BCUT2D eigenvalue weighted by atomic mass is 15.2. The molecule has 0 unspecified atom stereocenters. The van der Waals surface area contributed by atoms with Crippen LogP contribution in [0, 0.1) is 0 Å². The summed E-state index contributed by atoms with van der Waals surface area (Å²) in [7, 11) is 0. The SMILES string of the molecule is CCCN1CC[C@@H](N)[C@@H]1c1ncc[nH]1. The Balaban J connectivity index is 2.13. The first-order valence-corrected chi connectivity index (χ1v) is 5.32. The minimum Gasteiger partial charge on any atom is -0.347 e. The van der Waals surface area contributed by atoms with E-state index in [9.17, 15) is 0 Å². The van der Waals surface area contributed by atoms with E-state index >= 15 is 0 Å². The zero-order valence-corrected chi connectivity index (χ0v) is 8.61. The van der Waals surface area contributed by atoms with Crippen LogP contribution in [0.25, 0.3) is 0 Å². The normalized spacial score (nSPS) is 28.4. The predicted molar refractivity (Wildman–Crippen MR) is 55.8 cm³/mol. The van der Waals surface area contributed by atoms with E-state index in [0.29, 0.717) is 6.04 Å². The number of aromatic amines is 1. The molecule has 0 spiro atoms. The number of likely N-dealkylation sites (tertiary alicyclic amines) is 1. The lowest BCUT2D eigenvalue weighted by Crippen LogP contribution is -2.33. The fourth-order valence-corrected chi connectivity index (χ4v) is 2.24. The van der Waals surface area contributed by atoms with Crippen LogP contribution in [0.15, 0.2) is 12.4 Å². The van der Waals surface area contributed by atoms with Gasteiger partial charge in [0.05, 0.1) is 6.04 Å². The standard InChI is InChI=1S/C10H18N4/c1-2-6-14-7-3-8(11)9(14)10-12-4-5-13-10/h4-5,8-9H,2-3,6-7,11H2,1H3,(H,12,13)/t8-,9-/m1/s1. The van der Waals surface area contributed by atoms with Crippen molar-refractivity contribution in [2.24, 2.45) is 5.73 Å². The molecule has 4 heteroatoms. The van der Waals surface area contributed by atoms with Gasteiger partial charge in [0.1, 0.15) is 5.82 Å². The maximum Gasteiger partial charge on any atom is 0.125 e. The van der Waals surface area contributed by atoms with Gasteiger partial charge >= 0.3 is 0 Å². The van der Waals surface area contributed by atoms with E-state index in [-0.39, 0.29) is 6.04 Å². The lowest BCUT2D eigenvalue weighted by molar-refractivity contribution is 0.240. The average Bonchev–Trinajstić information content (AvgIpc) is 2.76. The summed E-state index contributed by atoms with van der Waals surface area (Å²) in [6.45, 7) is 4.41. The van der Waals surface area contributed by atoms with E-state index in [1.807, 2.05) is 6.20 Å². The Kier molecular flexibility index (Phi) is 2.84. The van der Waals surface area contributed by atoms with Gasteiger partial charge in [0.25, 0.3) is 0 Å². The second kappa shape index (κ2) is 4.11. The molecule has 0 amide bonds. The molecule has 14 heavy (non-hydrogen) atoms. The van der Waals surface area contributed by atoms with Gasteiger partial charge in [0.15, 0.2) is 0 Å². The number of hydrogen-bond acceptors (Lipinski definition) is 3. The third kappa shape index (κ3) is 1.67. The van der Waals surface area contributed by atoms with Crippen LogP contribution in [0.4, 0.5) is 0 Å². The maximum absolute atomic E-state index is 6.09. The van der Waals surface area contributed by atoms with E-state index in [1.165, 1.54) is 6.42 Å². The third-order valence-electron chi connectivity index (χ3n) is 2.86. The summed E-state index contributed by atoms with van der Waals surface area (Å²) in [4.78, 5) is 9.89. The van der Waals surface area contributed by atoms with Crippen molar-refractivity contribution in [1.82, 2.24) is 14.9 Å². The molecule has 1 fully saturated rings. The molecule has 0 aromatic carbocycles. The molecule has 1 saturated heterocycles. The lowest BCUT2D eigenvalue weighted by Gasteiger charge is -2.24. The molecular formula is C10H18N4. The van der Waals surface area contributed by atoms with Gasteiger partial charge in [-0.2, -0.15) is 0 Å². The number of nitrogens with zero attached hydrogens (tertiary/aromatic N) is 2. The molecule has 0 bridgehead atoms. The van der Waals surface area contributed by atoms with Gasteiger partial charge in [0.2, 0.25) is 0 Å². The first kappa shape index (κ1) is 9.68. The van der Waals surface area contributed by atoms with E-state index in [0.717, 1.165) is 25.3 Å². The van der Waals surface area contributed by atoms with Crippen molar-refractivity contribution < 1.29 is 0 Å². The van der Waals surface area contributed by atoms with Crippen LogP contribution in [0.3, 0.4) is 0 Å². The van der Waals surface area contributed by atoms with Gasteiger partial charge in [-0.3, -0.25) is 4.90 Å². The smallest absolute Gasteiger partial charge is 0.125 e. The summed E-state index contributed by atoms with van der Waals surface area (Å²) in [5, 5.41) is 0. The van der Waals surface area contributed by atoms with Crippen molar-refractivity contribution in [3.8, 4) is 0 Å². The second-order valence-corrected chi connectivity index (χ2v) is 3.91. The van der Waals surface area contributed by atoms with Gasteiger partial charge in [-0.05, 0) is 19.4 Å². The molecule has 1 aromatic rings. The fraction of sp³-hybridized carbons (Fsp3) is 0.700. The fourth-order valence-electron chi connectivity index (χ4n) is 2.24. The van der Waals surface area contributed by atoms with Crippen molar-refractivity contribution in [2.45, 2.75) is 31.8 Å². The van der Waals surface area contributed by atoms with Gasteiger partial charge in [-0.15, -0.1) is 0 Å². The first-order valence-electron chi connectivity index (χ1n) is 5.32. The van der Waals surface area contributed by atoms with Crippen molar-refractivity contribution in [3.05, 3.63) is 18.2 Å². The van der Waals surface area contributed by atoms with Crippen LogP contribution >= 0.6 is 0 Å². The van der Waals surface area contributed by atoms with Gasteiger partial charge < -0.3 is 10.7 Å². The number of rotatable bonds is 3. The molecule has 3 N–H and O–H groups in total. The molecular weight excluding hydrogens is 176 g/mol. The quantitative estimate of drug-likeness (QED) is 0.751. The zero-order chi connectivity index (χ0) is 9.97. The predicted octanol–water partition coefficient (Wildman–Crippen LogP) is 0.894. The largest absolute Gasteiger partial charge is 0.347 e. The second-order valence-electron chi connectivity index (χ2n) is 3.91. The van der Waals surface area contributed by atoms with Gasteiger partial charge in [-0.25, -0.2) is 4.98 Å². The number of imidazole rings is 1. The Morgan fingerprint density at radius 1 is 1.71 bits per heavy atom. The highest BCUT2D eigenvalue weighted by Crippen LogP contribution is 2.28. The molecule has 2 atom stereocenters. The summed E-state index contributed by atoms with van der Waals surface area (Å²) in [6, 6.07) is 0.526. The molecule has 1 aliphatic rings. The topological polar surface area (TPSA) is 57.9 Å². The Morgan fingerprint density at radius 2 is 2.57 bits per heavy atom. The molecule has 0 radical (unpaired) electrons. The van der Waals surface area contributed by atoms with Gasteiger partial charge in [0, 0.05) is 25.0 Å². The van der Waals surface area contributed by atoms with Crippen molar-refractivity contribution >= 4 is 0 Å². The molecule has 78 valence electrons. The number of H-pyrrole nitrogens is 1. The van der Waals surface area contributed by atoms with Crippen molar-refractivity contribution in [1.29, 1.82) is 0 Å². The van der Waals surface area contributed by atoms with E-state index in [1.54, 1.807) is 6.20 Å². The van der Waals surface area contributed by atoms with Crippen LogP contribution in [0.2, 0.25) is 0 Å². The van der Waals surface area contributed by atoms with Crippen molar-refractivity contribution in [3.63, 3.8) is 0 Å². The number of nitrogens with one attached hydrogen (secondary N) is 1. The molecule has 2 rings (SSSR count). The van der Waals surface area contributed by atoms with Gasteiger partial charge in [-0.1, -0.05) is 6.92 Å². The Bertz CT molecular complexity index is 268. The van der Waals surface area contributed by atoms with E-state index in [2.05, 4.69) is 21.8 Å². The average molecular weight is 194 g/mol. The molecule has 1 aliphatic heterocycles. The number of hydrogen-bond donors (Lipinski definition) is 2. The van der Waals surface area contributed by atoms with Crippen molar-refractivity contribution in [2.75, 3.05) is 13.1 Å². The van der Waals surface area contributed by atoms with Crippen LogP contribution in [-0.2, 0) is 0 Å². The first-order chi connectivity index (χ1) is 6.83. The number of nitrogens with two attached hydrogens (primary N) is 1. The molecule has 2 heterocycles. The molecule has 1 aromatic heterocycles. The van der Waals surface area contributed by atoms with Crippen LogP contribution in [0.5, 0.6) is 0 Å². The summed E-state index contributed by atoms with van der Waals surface area (Å²) in [6.07, 6.45) is 5.91. The summed E-state index contributed by atoms with van der Waals surface area (Å²) in [5.74, 6) is 1.02. The third-order valence-corrected chi connectivity index (χ3v) is 2.86. The van der Waals surface area contributed by atoms with Crippen LogP contribution in [-0.4, -0.2) is 34.0 Å². The summed E-state index contributed by atoms with van der Waals surface area (Å²) < 4.78 is 0. The Morgan fingerprint density at radius 3 is 3.21 bits per heavy atom. The minimum absolute atomic E-state index is 0.229. The van der Waals surface area contributed by atoms with E-state index in [4.69, 9.17) is 5.73 Å². The molecule has 4 nitrogen and oxygen atoms in total. The summed E-state index contributed by atoms with van der Waals surface area (Å²) >= 11 is 0. The van der Waals surface area contributed by atoms with Crippen LogP contribution in [0.1, 0.15) is 31.6 Å². The maximum atomic E-state index is 6.09. The Labute approximate surface area is 84.5 Å². The highest BCUT2D eigenvalue weighted by molar-refractivity contribution is 5.04.